The van der Waals surface area contributed by atoms with Gasteiger partial charge in [-0.05, 0) is 17.7 Å². The molecular weight excluding hydrogens is 206 g/mol. The third-order valence-corrected chi connectivity index (χ3v) is 2.29. The van der Waals surface area contributed by atoms with E-state index >= 15 is 0 Å². The predicted molar refractivity (Wildman–Crippen MR) is 62.6 cm³/mol. The van der Waals surface area contributed by atoms with Crippen LogP contribution >= 0.6 is 0 Å². The summed E-state index contributed by atoms with van der Waals surface area (Å²) in [5, 5.41) is 0. The Balaban J connectivity index is 2.62. The van der Waals surface area contributed by atoms with Gasteiger partial charge >= 0.3 is 0 Å². The lowest BCUT2D eigenvalue weighted by atomic mass is 10.1. The molecule has 0 radical (unpaired) electrons. The molecule has 0 spiro atoms. The van der Waals surface area contributed by atoms with Gasteiger partial charge in [-0.1, -0.05) is 12.1 Å². The molecule has 0 saturated carbocycles. The van der Waals surface area contributed by atoms with E-state index in [9.17, 15) is 0 Å². The largest absolute Gasteiger partial charge is 0.497 e. The molecule has 0 amide bonds. The average Bonchev–Trinajstić information content (AvgIpc) is 2.35. The van der Waals surface area contributed by atoms with E-state index in [1.807, 2.05) is 24.3 Å². The van der Waals surface area contributed by atoms with Gasteiger partial charge in [-0.15, -0.1) is 0 Å². The van der Waals surface area contributed by atoms with E-state index in [0.29, 0.717) is 19.8 Å². The molecule has 4 heteroatoms. The summed E-state index contributed by atoms with van der Waals surface area (Å²) in [7, 11) is 3.29. The smallest absolute Gasteiger partial charge is 0.119 e. The highest BCUT2D eigenvalue weighted by Gasteiger charge is 2.10. The fourth-order valence-corrected chi connectivity index (χ4v) is 1.42. The quantitative estimate of drug-likeness (QED) is 0.712. The summed E-state index contributed by atoms with van der Waals surface area (Å²) in [4.78, 5) is 0. The first-order chi connectivity index (χ1) is 7.81. The van der Waals surface area contributed by atoms with Crippen molar-refractivity contribution in [3.05, 3.63) is 29.8 Å². The second kappa shape index (κ2) is 7.22. The summed E-state index contributed by atoms with van der Waals surface area (Å²) in [6.07, 6.45) is -0.106. The number of nitrogens with two attached hydrogens (primary N) is 1. The molecule has 1 aromatic rings. The Kier molecular flexibility index (Phi) is 5.85. The normalized spacial score (nSPS) is 12.4. The molecule has 0 fully saturated rings. The minimum absolute atomic E-state index is 0.106. The first kappa shape index (κ1) is 13.0. The average molecular weight is 225 g/mol. The first-order valence-corrected chi connectivity index (χ1v) is 5.26. The topological polar surface area (TPSA) is 53.7 Å². The molecule has 4 nitrogen and oxygen atoms in total. The third kappa shape index (κ3) is 3.81. The second-order valence-corrected chi connectivity index (χ2v) is 3.36. The highest BCUT2D eigenvalue weighted by Crippen LogP contribution is 2.20. The fraction of sp³-hybridized carbons (Fsp3) is 0.500. The molecule has 0 saturated heterocycles. The molecule has 0 aromatic heterocycles. The summed E-state index contributed by atoms with van der Waals surface area (Å²) in [5.74, 6) is 0.811. The van der Waals surface area contributed by atoms with Crippen molar-refractivity contribution in [3.8, 4) is 5.75 Å². The van der Waals surface area contributed by atoms with Crippen LogP contribution in [0.15, 0.2) is 24.3 Å². The molecule has 1 unspecified atom stereocenters. The summed E-state index contributed by atoms with van der Waals surface area (Å²) in [6, 6.07) is 7.74. The summed E-state index contributed by atoms with van der Waals surface area (Å²) in [5.41, 5.74) is 6.70. The number of benzene rings is 1. The van der Waals surface area contributed by atoms with Crippen LogP contribution in [0.4, 0.5) is 0 Å². The van der Waals surface area contributed by atoms with Crippen LogP contribution < -0.4 is 10.5 Å². The highest BCUT2D eigenvalue weighted by molar-refractivity contribution is 5.30. The third-order valence-electron chi connectivity index (χ3n) is 2.29. The standard InChI is InChI=1S/C12H19NO3/c1-14-6-7-16-12(9-13)10-4-3-5-11(8-10)15-2/h3-5,8,12H,6-7,9,13H2,1-2H3. The van der Waals surface area contributed by atoms with E-state index in [1.54, 1.807) is 14.2 Å². The van der Waals surface area contributed by atoms with Gasteiger partial charge in [0.15, 0.2) is 0 Å². The van der Waals surface area contributed by atoms with E-state index in [0.717, 1.165) is 11.3 Å². The van der Waals surface area contributed by atoms with Gasteiger partial charge in [0.05, 0.1) is 26.4 Å². The van der Waals surface area contributed by atoms with Crippen LogP contribution in [0.2, 0.25) is 0 Å². The van der Waals surface area contributed by atoms with Crippen molar-refractivity contribution in [1.82, 2.24) is 0 Å². The fourth-order valence-electron chi connectivity index (χ4n) is 1.42. The molecule has 0 aliphatic carbocycles. The molecule has 1 rings (SSSR count). The molecule has 0 heterocycles. The highest BCUT2D eigenvalue weighted by atomic mass is 16.5. The summed E-state index contributed by atoms with van der Waals surface area (Å²) in [6.45, 7) is 1.55. The minimum atomic E-state index is -0.106. The minimum Gasteiger partial charge on any atom is -0.497 e. The van der Waals surface area contributed by atoms with Crippen molar-refractivity contribution in [2.75, 3.05) is 34.0 Å². The lowest BCUT2D eigenvalue weighted by Gasteiger charge is -2.16. The Labute approximate surface area is 96.3 Å². The SMILES string of the molecule is COCCOC(CN)c1cccc(OC)c1. The Morgan fingerprint density at radius 2 is 2.06 bits per heavy atom. The first-order valence-electron chi connectivity index (χ1n) is 5.26. The van der Waals surface area contributed by atoms with Gasteiger partial charge in [0.2, 0.25) is 0 Å². The zero-order valence-corrected chi connectivity index (χ0v) is 9.81. The van der Waals surface area contributed by atoms with Gasteiger partial charge in [-0.25, -0.2) is 0 Å². The van der Waals surface area contributed by atoms with Crippen LogP contribution in [-0.4, -0.2) is 34.0 Å². The maximum absolute atomic E-state index is 5.67. The molecule has 0 aliphatic rings. The van der Waals surface area contributed by atoms with Crippen molar-refractivity contribution >= 4 is 0 Å². The Bertz CT molecular complexity index is 304. The molecule has 0 aliphatic heterocycles. The monoisotopic (exact) mass is 225 g/mol. The zero-order chi connectivity index (χ0) is 11.8. The van der Waals surface area contributed by atoms with Gasteiger partial charge in [0.25, 0.3) is 0 Å². The molecule has 1 aromatic carbocycles. The Morgan fingerprint density at radius 1 is 1.25 bits per heavy atom. The van der Waals surface area contributed by atoms with Crippen LogP contribution in [0.25, 0.3) is 0 Å². The van der Waals surface area contributed by atoms with Crippen LogP contribution in [0, 0.1) is 0 Å². The molecule has 90 valence electrons. The van der Waals surface area contributed by atoms with Crippen molar-refractivity contribution in [2.24, 2.45) is 5.73 Å². The lowest BCUT2D eigenvalue weighted by Crippen LogP contribution is -2.18. The molecular formula is C12H19NO3. The van der Waals surface area contributed by atoms with Crippen molar-refractivity contribution in [3.63, 3.8) is 0 Å². The maximum atomic E-state index is 5.67. The number of rotatable bonds is 7. The van der Waals surface area contributed by atoms with Crippen molar-refractivity contribution in [2.45, 2.75) is 6.10 Å². The van der Waals surface area contributed by atoms with E-state index in [2.05, 4.69) is 0 Å². The van der Waals surface area contributed by atoms with Gasteiger partial charge in [-0.2, -0.15) is 0 Å². The van der Waals surface area contributed by atoms with Crippen molar-refractivity contribution in [1.29, 1.82) is 0 Å². The van der Waals surface area contributed by atoms with Gasteiger partial charge in [-0.3, -0.25) is 0 Å². The van der Waals surface area contributed by atoms with E-state index in [4.69, 9.17) is 19.9 Å². The number of hydrogen-bond donors (Lipinski definition) is 1. The van der Waals surface area contributed by atoms with E-state index < -0.39 is 0 Å². The lowest BCUT2D eigenvalue weighted by molar-refractivity contribution is 0.0206. The maximum Gasteiger partial charge on any atom is 0.119 e. The van der Waals surface area contributed by atoms with Crippen molar-refractivity contribution < 1.29 is 14.2 Å². The van der Waals surface area contributed by atoms with Gasteiger partial charge in [0.1, 0.15) is 5.75 Å². The van der Waals surface area contributed by atoms with Gasteiger partial charge in [0, 0.05) is 13.7 Å². The Hall–Kier alpha value is -1.10. The van der Waals surface area contributed by atoms with Crippen LogP contribution in [0.5, 0.6) is 5.75 Å². The Morgan fingerprint density at radius 3 is 2.69 bits per heavy atom. The van der Waals surface area contributed by atoms with Crippen LogP contribution in [0.3, 0.4) is 0 Å². The number of hydrogen-bond acceptors (Lipinski definition) is 4. The second-order valence-electron chi connectivity index (χ2n) is 3.36. The molecule has 16 heavy (non-hydrogen) atoms. The molecule has 0 bridgehead atoms. The van der Waals surface area contributed by atoms with Crippen LogP contribution in [0.1, 0.15) is 11.7 Å². The van der Waals surface area contributed by atoms with Crippen LogP contribution in [-0.2, 0) is 9.47 Å². The molecule has 2 N–H and O–H groups in total. The van der Waals surface area contributed by atoms with E-state index in [-0.39, 0.29) is 6.10 Å². The van der Waals surface area contributed by atoms with E-state index in [1.165, 1.54) is 0 Å². The molecule has 1 atom stereocenters. The summed E-state index contributed by atoms with van der Waals surface area (Å²) >= 11 is 0. The number of methoxy groups -OCH3 is 2. The number of ether oxygens (including phenoxy) is 3. The summed E-state index contributed by atoms with van der Waals surface area (Å²) < 4.78 is 15.7. The van der Waals surface area contributed by atoms with Gasteiger partial charge < -0.3 is 19.9 Å². The predicted octanol–water partition coefficient (Wildman–Crippen LogP) is 1.36. The zero-order valence-electron chi connectivity index (χ0n) is 9.81.